The predicted molar refractivity (Wildman–Crippen MR) is 124 cm³/mol. The Morgan fingerprint density at radius 3 is 2.61 bits per heavy atom. The summed E-state index contributed by atoms with van der Waals surface area (Å²) in [5.41, 5.74) is 5.32. The van der Waals surface area contributed by atoms with E-state index in [0.29, 0.717) is 24.9 Å². The van der Waals surface area contributed by atoms with Crippen molar-refractivity contribution in [2.45, 2.75) is 44.9 Å². The van der Waals surface area contributed by atoms with Gasteiger partial charge in [0.25, 0.3) is 10.8 Å². The fourth-order valence-corrected chi connectivity index (χ4v) is 3.78. The van der Waals surface area contributed by atoms with E-state index in [1.54, 1.807) is 0 Å². The van der Waals surface area contributed by atoms with E-state index >= 15 is 0 Å². The first-order chi connectivity index (χ1) is 15.8. The fourth-order valence-electron chi connectivity index (χ4n) is 3.14. The minimum Gasteiger partial charge on any atom is -0.411 e. The molecule has 0 fully saturated rings. The van der Waals surface area contributed by atoms with Crippen LogP contribution in [0.5, 0.6) is 0 Å². The molecule has 1 aromatic carbocycles. The number of nitrogen functional groups attached to an aromatic ring is 1. The van der Waals surface area contributed by atoms with Gasteiger partial charge in [-0.1, -0.05) is 32.0 Å². The first-order valence-corrected chi connectivity index (χ1v) is 11.5. The van der Waals surface area contributed by atoms with Gasteiger partial charge in [-0.3, -0.25) is 19.1 Å². The van der Waals surface area contributed by atoms with E-state index in [9.17, 15) is 18.8 Å². The van der Waals surface area contributed by atoms with E-state index in [1.165, 1.54) is 33.7 Å². The van der Waals surface area contributed by atoms with Crippen molar-refractivity contribution in [3.05, 3.63) is 50.9 Å². The van der Waals surface area contributed by atoms with Crippen molar-refractivity contribution >= 4 is 29.2 Å². The van der Waals surface area contributed by atoms with Crippen molar-refractivity contribution in [2.24, 2.45) is 0 Å². The highest BCUT2D eigenvalue weighted by Crippen LogP contribution is 2.25. The zero-order valence-corrected chi connectivity index (χ0v) is 19.2. The van der Waals surface area contributed by atoms with Crippen LogP contribution in [0.3, 0.4) is 0 Å². The van der Waals surface area contributed by atoms with Gasteiger partial charge in [0.15, 0.2) is 5.69 Å². The van der Waals surface area contributed by atoms with Crippen LogP contribution >= 0.6 is 11.8 Å². The Hall–Kier alpha value is -3.41. The quantitative estimate of drug-likeness (QED) is 0.426. The number of nitrogens with two attached hydrogens (primary N) is 1. The van der Waals surface area contributed by atoms with Crippen LogP contribution in [0, 0.1) is 5.82 Å². The summed E-state index contributed by atoms with van der Waals surface area (Å²) < 4.78 is 19.9. The van der Waals surface area contributed by atoms with Gasteiger partial charge in [-0.25, -0.2) is 9.18 Å². The summed E-state index contributed by atoms with van der Waals surface area (Å²) >= 11 is 1.01. The number of nitrogens with zero attached hydrogens (tertiary/aromatic N) is 4. The van der Waals surface area contributed by atoms with Crippen molar-refractivity contribution in [1.82, 2.24) is 19.7 Å². The summed E-state index contributed by atoms with van der Waals surface area (Å²) in [5, 5.41) is 7.98. The van der Waals surface area contributed by atoms with Gasteiger partial charge in [-0.2, -0.15) is 0 Å². The third-order valence-corrected chi connectivity index (χ3v) is 5.59. The molecule has 0 aliphatic heterocycles. The average Bonchev–Trinajstić information content (AvgIpc) is 3.26. The second kappa shape index (κ2) is 10.9. The molecule has 0 bridgehead atoms. The third-order valence-electron chi connectivity index (χ3n) is 4.78. The zero-order chi connectivity index (χ0) is 24.0. The lowest BCUT2D eigenvalue weighted by Crippen LogP contribution is -2.42. The number of aromatic nitrogens is 4. The average molecular weight is 477 g/mol. The zero-order valence-electron chi connectivity index (χ0n) is 18.3. The van der Waals surface area contributed by atoms with Crippen LogP contribution in [0.1, 0.15) is 33.1 Å². The number of halogens is 1. The van der Waals surface area contributed by atoms with E-state index in [2.05, 4.69) is 15.2 Å². The van der Waals surface area contributed by atoms with Crippen LogP contribution in [0.25, 0.3) is 11.5 Å². The van der Waals surface area contributed by atoms with Crippen LogP contribution in [-0.2, 0) is 11.3 Å². The molecule has 1 amide bonds. The van der Waals surface area contributed by atoms with Gasteiger partial charge in [-0.15, -0.1) is 10.2 Å². The molecule has 0 aliphatic carbocycles. The van der Waals surface area contributed by atoms with Crippen molar-refractivity contribution in [2.75, 3.05) is 22.9 Å². The monoisotopic (exact) mass is 476 g/mol. The number of amides is 1. The number of nitrogens with one attached hydrogen (secondary N) is 1. The number of hydrogen-bond donors (Lipinski definition) is 2. The van der Waals surface area contributed by atoms with Gasteiger partial charge in [0.05, 0.1) is 5.75 Å². The van der Waals surface area contributed by atoms with Gasteiger partial charge in [0, 0.05) is 18.7 Å². The minimum absolute atomic E-state index is 0.0420. The highest BCUT2D eigenvalue weighted by Gasteiger charge is 2.24. The number of thioether (sulfide) groups is 1. The Morgan fingerprint density at radius 2 is 1.94 bits per heavy atom. The maximum absolute atomic E-state index is 13.1. The summed E-state index contributed by atoms with van der Waals surface area (Å²) in [7, 11) is 0. The molecule has 2 heterocycles. The standard InChI is InChI=1S/C21H25FN6O4S/c1-3-5-11-27(16-17(23)28(10-4-2)20(31)24-18(16)30)15(29)12-33-21-26-25-19(32-21)13-6-8-14(22)9-7-13/h6-9H,3-5,10-12,23H2,1-2H3,(H,24,30,31). The summed E-state index contributed by atoms with van der Waals surface area (Å²) in [6.45, 7) is 4.40. The van der Waals surface area contributed by atoms with Crippen molar-refractivity contribution in [3.63, 3.8) is 0 Å². The molecule has 0 saturated carbocycles. The molecule has 12 heteroatoms. The summed E-state index contributed by atoms with van der Waals surface area (Å²) in [5.74, 6) is -0.726. The van der Waals surface area contributed by atoms with E-state index in [0.717, 1.165) is 18.2 Å². The SMILES string of the molecule is CCCCN(C(=O)CSc1nnc(-c2ccc(F)cc2)o1)c1c(N)n(CCC)c(=O)[nH]c1=O. The number of aromatic amines is 1. The Kier molecular flexibility index (Phi) is 8.04. The van der Waals surface area contributed by atoms with E-state index in [1.807, 2.05) is 13.8 Å². The number of rotatable bonds is 10. The van der Waals surface area contributed by atoms with Gasteiger partial charge < -0.3 is 15.1 Å². The summed E-state index contributed by atoms with van der Waals surface area (Å²) in [6, 6.07) is 5.58. The number of unbranched alkanes of at least 4 members (excludes halogenated alkanes) is 1. The molecule has 0 spiro atoms. The largest absolute Gasteiger partial charge is 0.411 e. The topological polar surface area (TPSA) is 140 Å². The van der Waals surface area contributed by atoms with Gasteiger partial charge >= 0.3 is 5.69 Å². The van der Waals surface area contributed by atoms with Crippen molar-refractivity contribution in [3.8, 4) is 11.5 Å². The molecule has 0 unspecified atom stereocenters. The Labute approximate surface area is 193 Å². The second-order valence-electron chi connectivity index (χ2n) is 7.21. The first kappa shape index (κ1) is 24.2. The molecule has 0 saturated heterocycles. The summed E-state index contributed by atoms with van der Waals surface area (Å²) in [4.78, 5) is 41.3. The highest BCUT2D eigenvalue weighted by molar-refractivity contribution is 7.99. The molecular formula is C21H25FN6O4S. The number of anilines is 2. The van der Waals surface area contributed by atoms with E-state index < -0.39 is 17.2 Å². The molecular weight excluding hydrogens is 451 g/mol. The normalized spacial score (nSPS) is 11.0. The van der Waals surface area contributed by atoms with Gasteiger partial charge in [0.1, 0.15) is 11.6 Å². The van der Waals surface area contributed by atoms with Crippen LogP contribution in [0.4, 0.5) is 15.9 Å². The number of benzene rings is 1. The molecule has 33 heavy (non-hydrogen) atoms. The maximum atomic E-state index is 13.1. The van der Waals surface area contributed by atoms with Crippen molar-refractivity contribution < 1.29 is 13.6 Å². The van der Waals surface area contributed by atoms with Crippen LogP contribution in [-0.4, -0.2) is 38.0 Å². The van der Waals surface area contributed by atoms with Crippen LogP contribution in [0.2, 0.25) is 0 Å². The fraction of sp³-hybridized carbons (Fsp3) is 0.381. The maximum Gasteiger partial charge on any atom is 0.330 e. The Balaban J connectivity index is 1.81. The van der Waals surface area contributed by atoms with E-state index in [-0.39, 0.29) is 40.7 Å². The van der Waals surface area contributed by atoms with Gasteiger partial charge in [-0.05, 0) is 37.1 Å². The molecule has 3 aromatic rings. The molecule has 176 valence electrons. The number of carbonyl (C=O) groups excluding carboxylic acids is 1. The van der Waals surface area contributed by atoms with E-state index in [4.69, 9.17) is 10.2 Å². The Morgan fingerprint density at radius 1 is 1.21 bits per heavy atom. The van der Waals surface area contributed by atoms with Crippen LogP contribution in [0.15, 0.2) is 43.5 Å². The van der Waals surface area contributed by atoms with Crippen LogP contribution < -0.4 is 21.9 Å². The lowest BCUT2D eigenvalue weighted by molar-refractivity contribution is -0.116. The number of hydrogen-bond acceptors (Lipinski definition) is 8. The predicted octanol–water partition coefficient (Wildman–Crippen LogP) is 2.64. The third kappa shape index (κ3) is 5.69. The lowest BCUT2D eigenvalue weighted by Gasteiger charge is -2.24. The smallest absolute Gasteiger partial charge is 0.330 e. The summed E-state index contributed by atoms with van der Waals surface area (Å²) in [6.07, 6.45) is 2.05. The highest BCUT2D eigenvalue weighted by atomic mass is 32.2. The molecule has 0 aliphatic rings. The van der Waals surface area contributed by atoms with Crippen molar-refractivity contribution in [1.29, 1.82) is 0 Å². The molecule has 3 rings (SSSR count). The number of carbonyl (C=O) groups is 1. The molecule has 10 nitrogen and oxygen atoms in total. The second-order valence-corrected chi connectivity index (χ2v) is 8.14. The number of H-pyrrole nitrogens is 1. The minimum atomic E-state index is -0.712. The Bertz CT molecular complexity index is 1220. The first-order valence-electron chi connectivity index (χ1n) is 10.5. The van der Waals surface area contributed by atoms with Gasteiger partial charge in [0.2, 0.25) is 11.8 Å². The molecule has 3 N–H and O–H groups in total. The molecule has 0 atom stereocenters. The molecule has 2 aromatic heterocycles. The lowest BCUT2D eigenvalue weighted by atomic mass is 10.2. The molecule has 0 radical (unpaired) electrons.